The summed E-state index contributed by atoms with van der Waals surface area (Å²) in [4.78, 5) is 38.0. The maximum Gasteiger partial charge on any atom is 0.266 e. The quantitative estimate of drug-likeness (QED) is 0.677. The van der Waals surface area contributed by atoms with Crippen molar-refractivity contribution in [2.24, 2.45) is 0 Å². The molecule has 0 saturated heterocycles. The maximum absolute atomic E-state index is 12.0. The fraction of sp³-hybridized carbons (Fsp3) is 0.235. The van der Waals surface area contributed by atoms with Crippen LogP contribution in [0.4, 0.5) is 0 Å². The van der Waals surface area contributed by atoms with E-state index in [0.29, 0.717) is 5.82 Å². The summed E-state index contributed by atoms with van der Waals surface area (Å²) in [5.41, 5.74) is 1.01. The highest BCUT2D eigenvalue weighted by atomic mass is 16.2. The van der Waals surface area contributed by atoms with E-state index in [2.05, 4.69) is 20.5 Å². The molecule has 0 fully saturated rings. The van der Waals surface area contributed by atoms with Crippen molar-refractivity contribution in [1.82, 2.24) is 29.9 Å². The van der Waals surface area contributed by atoms with Gasteiger partial charge in [-0.1, -0.05) is 0 Å². The van der Waals surface area contributed by atoms with Crippen molar-refractivity contribution in [3.05, 3.63) is 74.2 Å². The van der Waals surface area contributed by atoms with Crippen LogP contribution in [0, 0.1) is 13.8 Å². The number of H-pyrrole nitrogens is 1. The van der Waals surface area contributed by atoms with Crippen LogP contribution >= 0.6 is 0 Å². The van der Waals surface area contributed by atoms with Gasteiger partial charge in [0.2, 0.25) is 0 Å². The number of hydrogen-bond acceptors (Lipinski definition) is 5. The lowest BCUT2D eigenvalue weighted by Gasteiger charge is -2.09. The molecule has 0 radical (unpaired) electrons. The summed E-state index contributed by atoms with van der Waals surface area (Å²) in [7, 11) is 0. The number of carbonyl (C=O) groups is 1. The highest BCUT2D eigenvalue weighted by molar-refractivity contribution is 5.93. The lowest BCUT2D eigenvalue weighted by molar-refractivity contribution is 0.0950. The van der Waals surface area contributed by atoms with Gasteiger partial charge in [-0.2, -0.15) is 5.10 Å². The summed E-state index contributed by atoms with van der Waals surface area (Å²) >= 11 is 0. The average molecular weight is 354 g/mol. The first-order valence-electron chi connectivity index (χ1n) is 8.03. The lowest BCUT2D eigenvalue weighted by Crippen LogP contribution is -2.34. The number of aryl methyl sites for hydroxylation is 2. The monoisotopic (exact) mass is 354 g/mol. The van der Waals surface area contributed by atoms with Crippen LogP contribution in [0.1, 0.15) is 21.7 Å². The Balaban J connectivity index is 1.72. The Hall–Kier alpha value is -3.49. The first-order chi connectivity index (χ1) is 12.5. The molecule has 0 saturated carbocycles. The molecule has 0 aliphatic rings. The van der Waals surface area contributed by atoms with Crippen LogP contribution in [0.25, 0.3) is 5.82 Å². The molecule has 0 aliphatic heterocycles. The number of nitrogens with one attached hydrogen (secondary N) is 2. The van der Waals surface area contributed by atoms with E-state index in [4.69, 9.17) is 0 Å². The summed E-state index contributed by atoms with van der Waals surface area (Å²) in [6, 6.07) is 7.92. The molecule has 9 nitrogen and oxygen atoms in total. The Morgan fingerprint density at radius 2 is 2.00 bits per heavy atom. The highest BCUT2D eigenvalue weighted by Crippen LogP contribution is 2.07. The first-order valence-corrected chi connectivity index (χ1v) is 8.03. The molecular formula is C17H18N6O3. The molecule has 0 bridgehead atoms. The molecule has 3 heterocycles. The van der Waals surface area contributed by atoms with Crippen LogP contribution in [0.2, 0.25) is 0 Å². The zero-order valence-corrected chi connectivity index (χ0v) is 14.4. The zero-order valence-electron chi connectivity index (χ0n) is 14.4. The van der Waals surface area contributed by atoms with Crippen molar-refractivity contribution in [3.8, 4) is 5.82 Å². The number of pyridine rings is 1. The molecule has 26 heavy (non-hydrogen) atoms. The first kappa shape index (κ1) is 17.3. The second-order valence-corrected chi connectivity index (χ2v) is 5.76. The SMILES string of the molecule is Cc1cc(C)n(-c2ccc(=O)n(CCNC(=O)c3ccc[nH]c3=O)n2)n1. The van der Waals surface area contributed by atoms with E-state index in [0.717, 1.165) is 11.4 Å². The van der Waals surface area contributed by atoms with Gasteiger partial charge in [-0.15, -0.1) is 5.10 Å². The second-order valence-electron chi connectivity index (χ2n) is 5.76. The molecule has 0 aromatic carbocycles. The number of nitrogens with zero attached hydrogens (tertiary/aromatic N) is 4. The van der Waals surface area contributed by atoms with Gasteiger partial charge in [-0.05, 0) is 38.1 Å². The summed E-state index contributed by atoms with van der Waals surface area (Å²) in [5, 5.41) is 11.2. The molecule has 2 N–H and O–H groups in total. The second kappa shape index (κ2) is 7.18. The predicted octanol–water partition coefficient (Wildman–Crippen LogP) is 0.164. The third-order valence-corrected chi connectivity index (χ3v) is 3.75. The Morgan fingerprint density at radius 1 is 1.19 bits per heavy atom. The van der Waals surface area contributed by atoms with E-state index in [1.54, 1.807) is 16.8 Å². The van der Waals surface area contributed by atoms with Gasteiger partial charge < -0.3 is 10.3 Å². The minimum atomic E-state index is -0.505. The van der Waals surface area contributed by atoms with E-state index < -0.39 is 11.5 Å². The molecule has 0 spiro atoms. The third kappa shape index (κ3) is 3.61. The fourth-order valence-electron chi connectivity index (χ4n) is 2.54. The Labute approximate surface area is 148 Å². The van der Waals surface area contributed by atoms with Gasteiger partial charge >= 0.3 is 0 Å². The number of aromatic nitrogens is 5. The number of aromatic amines is 1. The molecule has 9 heteroatoms. The van der Waals surface area contributed by atoms with Crippen LogP contribution < -0.4 is 16.4 Å². The zero-order chi connectivity index (χ0) is 18.7. The third-order valence-electron chi connectivity index (χ3n) is 3.75. The lowest BCUT2D eigenvalue weighted by atomic mass is 10.2. The van der Waals surface area contributed by atoms with Crippen molar-refractivity contribution in [1.29, 1.82) is 0 Å². The van der Waals surface area contributed by atoms with Crippen molar-refractivity contribution in [3.63, 3.8) is 0 Å². The Bertz CT molecular complexity index is 1060. The minimum Gasteiger partial charge on any atom is -0.350 e. The molecule has 0 atom stereocenters. The average Bonchev–Trinajstić information content (AvgIpc) is 2.95. The molecule has 3 rings (SSSR count). The van der Waals surface area contributed by atoms with Crippen molar-refractivity contribution < 1.29 is 4.79 Å². The van der Waals surface area contributed by atoms with Crippen LogP contribution in [0.3, 0.4) is 0 Å². The van der Waals surface area contributed by atoms with E-state index in [1.165, 1.54) is 23.0 Å². The molecule has 134 valence electrons. The van der Waals surface area contributed by atoms with Crippen molar-refractivity contribution >= 4 is 5.91 Å². The van der Waals surface area contributed by atoms with Gasteiger partial charge in [0.05, 0.1) is 12.2 Å². The van der Waals surface area contributed by atoms with Gasteiger partial charge in [0.15, 0.2) is 5.82 Å². The van der Waals surface area contributed by atoms with Gasteiger partial charge in [-0.3, -0.25) is 14.4 Å². The Kier molecular flexibility index (Phi) is 4.78. The molecular weight excluding hydrogens is 336 g/mol. The Morgan fingerprint density at radius 3 is 2.69 bits per heavy atom. The van der Waals surface area contributed by atoms with Gasteiger partial charge in [0, 0.05) is 24.5 Å². The summed E-state index contributed by atoms with van der Waals surface area (Å²) in [6.07, 6.45) is 1.45. The van der Waals surface area contributed by atoms with E-state index in [-0.39, 0.29) is 24.2 Å². The topological polar surface area (TPSA) is 115 Å². The summed E-state index contributed by atoms with van der Waals surface area (Å²) in [5.74, 6) is 0.00984. The molecule has 3 aromatic rings. The smallest absolute Gasteiger partial charge is 0.266 e. The van der Waals surface area contributed by atoms with Crippen LogP contribution in [-0.2, 0) is 6.54 Å². The van der Waals surface area contributed by atoms with E-state index >= 15 is 0 Å². The van der Waals surface area contributed by atoms with E-state index in [9.17, 15) is 14.4 Å². The van der Waals surface area contributed by atoms with Crippen molar-refractivity contribution in [2.45, 2.75) is 20.4 Å². The molecule has 0 aliphatic carbocycles. The summed E-state index contributed by atoms with van der Waals surface area (Å²) < 4.78 is 2.90. The number of carbonyl (C=O) groups excluding carboxylic acids is 1. The normalized spacial score (nSPS) is 10.7. The van der Waals surface area contributed by atoms with E-state index in [1.807, 2.05) is 19.9 Å². The van der Waals surface area contributed by atoms with Gasteiger partial charge in [0.1, 0.15) is 5.56 Å². The number of amides is 1. The molecule has 3 aromatic heterocycles. The van der Waals surface area contributed by atoms with Gasteiger partial charge in [0.25, 0.3) is 17.0 Å². The van der Waals surface area contributed by atoms with Gasteiger partial charge in [-0.25, -0.2) is 9.36 Å². The highest BCUT2D eigenvalue weighted by Gasteiger charge is 2.10. The summed E-state index contributed by atoms with van der Waals surface area (Å²) in [6.45, 7) is 4.10. The number of rotatable bonds is 5. The fourth-order valence-corrected chi connectivity index (χ4v) is 2.54. The predicted molar refractivity (Wildman–Crippen MR) is 94.5 cm³/mol. The molecule has 1 amide bonds. The van der Waals surface area contributed by atoms with Crippen LogP contribution in [0.5, 0.6) is 0 Å². The minimum absolute atomic E-state index is 0.0178. The molecule has 0 unspecified atom stereocenters. The number of hydrogen-bond donors (Lipinski definition) is 2. The van der Waals surface area contributed by atoms with Crippen molar-refractivity contribution in [2.75, 3.05) is 6.54 Å². The largest absolute Gasteiger partial charge is 0.350 e. The maximum atomic E-state index is 12.0. The van der Waals surface area contributed by atoms with Crippen LogP contribution in [-0.4, -0.2) is 37.0 Å². The van der Waals surface area contributed by atoms with Crippen LogP contribution in [0.15, 0.2) is 46.1 Å². The standard InChI is InChI=1S/C17H18N6O3/c1-11-10-12(2)23(20-11)14-5-6-15(24)22(21-14)9-8-19-17(26)13-4-3-7-18-16(13)25/h3-7,10H,8-9H2,1-2H3,(H,18,25)(H,19,26).